The second-order valence-electron chi connectivity index (χ2n) is 6.83. The Labute approximate surface area is 191 Å². The molecule has 0 aromatic heterocycles. The number of piperazine rings is 1. The van der Waals surface area contributed by atoms with E-state index >= 15 is 0 Å². The van der Waals surface area contributed by atoms with Gasteiger partial charge in [0.25, 0.3) is 0 Å². The van der Waals surface area contributed by atoms with Crippen LogP contribution in [0.25, 0.3) is 0 Å². The Morgan fingerprint density at radius 1 is 1.17 bits per heavy atom. The van der Waals surface area contributed by atoms with Crippen molar-refractivity contribution in [3.63, 3.8) is 0 Å². The van der Waals surface area contributed by atoms with Gasteiger partial charge >= 0.3 is 6.09 Å². The zero-order valence-electron chi connectivity index (χ0n) is 17.9. The normalized spacial score (nSPS) is 14.4. The molecule has 0 bridgehead atoms. The van der Waals surface area contributed by atoms with Crippen molar-refractivity contribution in [2.75, 3.05) is 67.1 Å². The number of hydrogen-bond acceptors (Lipinski definition) is 5. The second kappa shape index (κ2) is 13.5. The Hall–Kier alpha value is -1.75. The average Bonchev–Trinajstić information content (AvgIpc) is 2.70. The molecule has 29 heavy (non-hydrogen) atoms. The molecule has 1 aliphatic rings. The highest BCUT2D eigenvalue weighted by molar-refractivity contribution is 14.0. The van der Waals surface area contributed by atoms with Crippen molar-refractivity contribution in [3.8, 4) is 5.75 Å². The molecule has 1 heterocycles. The van der Waals surface area contributed by atoms with E-state index in [2.05, 4.69) is 26.2 Å². The third-order valence-electron chi connectivity index (χ3n) is 4.52. The van der Waals surface area contributed by atoms with Crippen molar-refractivity contribution in [2.45, 2.75) is 13.5 Å². The number of nitrogens with zero attached hydrogens (tertiary/aromatic N) is 4. The summed E-state index contributed by atoms with van der Waals surface area (Å²) < 4.78 is 11.0. The number of nitrogens with one attached hydrogen (secondary N) is 1. The van der Waals surface area contributed by atoms with Crippen molar-refractivity contribution in [2.24, 2.45) is 4.99 Å². The molecule has 9 heteroatoms. The number of hydrogen-bond donors (Lipinski definition) is 1. The predicted octanol–water partition coefficient (Wildman–Crippen LogP) is 2.09. The maximum atomic E-state index is 11.8. The largest absolute Gasteiger partial charge is 0.492 e. The molecule has 0 radical (unpaired) electrons. The van der Waals surface area contributed by atoms with Gasteiger partial charge in [-0.25, -0.2) is 4.79 Å². The van der Waals surface area contributed by atoms with E-state index in [1.807, 2.05) is 39.2 Å². The first-order valence-corrected chi connectivity index (χ1v) is 9.77. The van der Waals surface area contributed by atoms with Crippen LogP contribution in [0.4, 0.5) is 4.79 Å². The van der Waals surface area contributed by atoms with Crippen LogP contribution in [0.1, 0.15) is 12.5 Å². The van der Waals surface area contributed by atoms with Gasteiger partial charge in [0.15, 0.2) is 5.96 Å². The number of guanidine groups is 1. The van der Waals surface area contributed by atoms with Gasteiger partial charge in [-0.1, -0.05) is 18.2 Å². The molecule has 0 atom stereocenters. The number of halogens is 1. The highest BCUT2D eigenvalue weighted by Crippen LogP contribution is 2.18. The van der Waals surface area contributed by atoms with E-state index in [1.54, 1.807) is 11.9 Å². The molecule has 1 aromatic rings. The van der Waals surface area contributed by atoms with Gasteiger partial charge in [0.1, 0.15) is 12.4 Å². The minimum absolute atomic E-state index is 0. The van der Waals surface area contributed by atoms with Crippen molar-refractivity contribution < 1.29 is 14.3 Å². The number of benzene rings is 1. The van der Waals surface area contributed by atoms with Crippen molar-refractivity contribution in [1.82, 2.24) is 20.0 Å². The first kappa shape index (κ1) is 25.3. The summed E-state index contributed by atoms with van der Waals surface area (Å²) in [4.78, 5) is 22.2. The summed E-state index contributed by atoms with van der Waals surface area (Å²) >= 11 is 0. The average molecular weight is 519 g/mol. The summed E-state index contributed by atoms with van der Waals surface area (Å²) in [5, 5.41) is 3.42. The van der Waals surface area contributed by atoms with E-state index in [4.69, 9.17) is 9.47 Å². The molecule has 8 nitrogen and oxygen atoms in total. The quantitative estimate of drug-likeness (QED) is 0.338. The zero-order valence-corrected chi connectivity index (χ0v) is 20.2. The van der Waals surface area contributed by atoms with Crippen LogP contribution in [0.2, 0.25) is 0 Å². The first-order chi connectivity index (χ1) is 13.5. The number of carbonyl (C=O) groups is 1. The van der Waals surface area contributed by atoms with Gasteiger partial charge in [0.2, 0.25) is 0 Å². The summed E-state index contributed by atoms with van der Waals surface area (Å²) in [5.41, 5.74) is 1.09. The summed E-state index contributed by atoms with van der Waals surface area (Å²) in [5.74, 6) is 1.71. The smallest absolute Gasteiger partial charge is 0.409 e. The Morgan fingerprint density at radius 2 is 1.83 bits per heavy atom. The van der Waals surface area contributed by atoms with Gasteiger partial charge in [-0.2, -0.15) is 0 Å². The summed E-state index contributed by atoms with van der Waals surface area (Å²) in [6.45, 7) is 7.07. The lowest BCUT2D eigenvalue weighted by Gasteiger charge is -2.35. The minimum atomic E-state index is -0.242. The maximum Gasteiger partial charge on any atom is 0.409 e. The van der Waals surface area contributed by atoms with E-state index in [1.165, 1.54) is 0 Å². The Kier molecular flexibility index (Phi) is 11.7. The van der Waals surface area contributed by atoms with Crippen molar-refractivity contribution in [1.29, 1.82) is 0 Å². The molecule has 1 aliphatic heterocycles. The lowest BCUT2D eigenvalue weighted by Crippen LogP contribution is -2.53. The fourth-order valence-corrected chi connectivity index (χ4v) is 2.95. The number of rotatable bonds is 7. The summed E-state index contributed by atoms with van der Waals surface area (Å²) in [6.07, 6.45) is -0.242. The molecular formula is C20H34IN5O3. The summed E-state index contributed by atoms with van der Waals surface area (Å²) in [6, 6.07) is 8.05. The highest BCUT2D eigenvalue weighted by Gasteiger charge is 2.23. The number of para-hydroxylation sites is 1. The fraction of sp³-hybridized carbons (Fsp3) is 0.600. The van der Waals surface area contributed by atoms with Crippen LogP contribution in [0.5, 0.6) is 5.75 Å². The maximum absolute atomic E-state index is 11.8. The molecular weight excluding hydrogens is 485 g/mol. The SMILES string of the molecule is CCOC(=O)N1CCN(C(=NC)NCc2ccccc2OCCN(C)C)CC1.I. The molecule has 1 aromatic carbocycles. The first-order valence-electron chi connectivity index (χ1n) is 9.77. The standard InChI is InChI=1S/C20H33N5O3.HI/c1-5-27-20(26)25-12-10-24(11-13-25)19(21-2)22-16-17-8-6-7-9-18(17)28-15-14-23(3)4;/h6-9H,5,10-16H2,1-4H3,(H,21,22);1H. The molecule has 0 saturated carbocycles. The van der Waals surface area contributed by atoms with Crippen LogP contribution in [0.15, 0.2) is 29.3 Å². The van der Waals surface area contributed by atoms with Crippen molar-refractivity contribution in [3.05, 3.63) is 29.8 Å². The molecule has 1 saturated heterocycles. The molecule has 0 spiro atoms. The predicted molar refractivity (Wildman–Crippen MR) is 126 cm³/mol. The van der Waals surface area contributed by atoms with Crippen LogP contribution in [-0.2, 0) is 11.3 Å². The Bertz CT molecular complexity index is 649. The number of aliphatic imine (C=N–C) groups is 1. The fourth-order valence-electron chi connectivity index (χ4n) is 2.95. The van der Waals surface area contributed by atoms with Gasteiger partial charge in [-0.05, 0) is 27.1 Å². The third kappa shape index (κ3) is 8.25. The number of carbonyl (C=O) groups excluding carboxylic acids is 1. The van der Waals surface area contributed by atoms with Gasteiger partial charge in [-0.3, -0.25) is 4.99 Å². The molecule has 2 rings (SSSR count). The van der Waals surface area contributed by atoms with Crippen molar-refractivity contribution >= 4 is 36.0 Å². The highest BCUT2D eigenvalue weighted by atomic mass is 127. The van der Waals surface area contributed by atoms with Gasteiger partial charge in [-0.15, -0.1) is 24.0 Å². The van der Waals surface area contributed by atoms with Crippen LogP contribution < -0.4 is 10.1 Å². The van der Waals surface area contributed by atoms with Crippen LogP contribution in [0, 0.1) is 0 Å². The van der Waals surface area contributed by atoms with Crippen LogP contribution >= 0.6 is 24.0 Å². The number of amides is 1. The lowest BCUT2D eigenvalue weighted by atomic mass is 10.2. The van der Waals surface area contributed by atoms with E-state index in [-0.39, 0.29) is 30.1 Å². The molecule has 1 fully saturated rings. The Balaban J connectivity index is 0.00000420. The van der Waals surface area contributed by atoms with Gasteiger partial charge < -0.3 is 29.5 Å². The number of ether oxygens (including phenoxy) is 2. The van der Waals surface area contributed by atoms with Crippen LogP contribution in [0.3, 0.4) is 0 Å². The lowest BCUT2D eigenvalue weighted by molar-refractivity contribution is 0.0914. The summed E-state index contributed by atoms with van der Waals surface area (Å²) in [7, 11) is 5.84. The molecule has 0 unspecified atom stereocenters. The minimum Gasteiger partial charge on any atom is -0.492 e. The molecule has 1 N–H and O–H groups in total. The topological polar surface area (TPSA) is 69.6 Å². The zero-order chi connectivity index (χ0) is 20.4. The van der Waals surface area contributed by atoms with Gasteiger partial charge in [0, 0.05) is 51.9 Å². The van der Waals surface area contributed by atoms with Gasteiger partial charge in [0.05, 0.1) is 6.61 Å². The van der Waals surface area contributed by atoms with E-state index in [0.29, 0.717) is 32.8 Å². The molecule has 0 aliphatic carbocycles. The van der Waals surface area contributed by atoms with Crippen LogP contribution in [-0.4, -0.2) is 93.8 Å². The molecule has 1 amide bonds. The second-order valence-corrected chi connectivity index (χ2v) is 6.83. The van der Waals surface area contributed by atoms with E-state index in [0.717, 1.165) is 36.9 Å². The number of likely N-dealkylation sites (N-methyl/N-ethyl adjacent to an activating group) is 1. The Morgan fingerprint density at radius 3 is 2.45 bits per heavy atom. The third-order valence-corrected chi connectivity index (χ3v) is 4.52. The monoisotopic (exact) mass is 519 g/mol. The van der Waals surface area contributed by atoms with E-state index < -0.39 is 0 Å². The molecule has 164 valence electrons. The van der Waals surface area contributed by atoms with E-state index in [9.17, 15) is 4.79 Å².